The second-order valence-electron chi connectivity index (χ2n) is 4.21. The Hall–Kier alpha value is -2.83. The molecule has 0 aliphatic carbocycles. The van der Waals surface area contributed by atoms with Crippen LogP contribution in [0.3, 0.4) is 0 Å². The maximum absolute atomic E-state index is 12.3. The maximum atomic E-state index is 12.3. The summed E-state index contributed by atoms with van der Waals surface area (Å²) in [6.45, 7) is 0. The van der Waals surface area contributed by atoms with Gasteiger partial charge in [-0.05, 0) is 12.1 Å². The Kier molecular flexibility index (Phi) is 4.22. The molecule has 0 aliphatic heterocycles. The summed E-state index contributed by atoms with van der Waals surface area (Å²) in [6, 6.07) is 6.79. The van der Waals surface area contributed by atoms with Gasteiger partial charge in [-0.2, -0.15) is 5.10 Å². The van der Waals surface area contributed by atoms with Gasteiger partial charge in [-0.1, -0.05) is 12.1 Å². The molecule has 0 aliphatic rings. The minimum Gasteiger partial charge on any atom is -0.496 e. The number of hydrogen-bond donors (Lipinski definition) is 1. The molecule has 2 aromatic rings. The van der Waals surface area contributed by atoms with Gasteiger partial charge in [0.15, 0.2) is 5.69 Å². The fraction of sp³-hybridized carbons (Fsp3) is 0.214. The highest BCUT2D eigenvalue weighted by Crippen LogP contribution is 2.20. The van der Waals surface area contributed by atoms with Crippen molar-refractivity contribution < 1.29 is 19.1 Å². The van der Waals surface area contributed by atoms with Crippen molar-refractivity contribution in [1.82, 2.24) is 9.78 Å². The van der Waals surface area contributed by atoms with Gasteiger partial charge >= 0.3 is 5.97 Å². The molecule has 110 valence electrons. The zero-order chi connectivity index (χ0) is 15.4. The van der Waals surface area contributed by atoms with Gasteiger partial charge in [0.2, 0.25) is 0 Å². The topological polar surface area (TPSA) is 82.5 Å². The zero-order valence-electron chi connectivity index (χ0n) is 11.9. The Bertz CT molecular complexity index is 679. The fourth-order valence-corrected chi connectivity index (χ4v) is 1.85. The van der Waals surface area contributed by atoms with Crippen LogP contribution in [-0.4, -0.2) is 35.9 Å². The largest absolute Gasteiger partial charge is 0.496 e. The molecule has 21 heavy (non-hydrogen) atoms. The van der Waals surface area contributed by atoms with E-state index in [2.05, 4.69) is 15.2 Å². The van der Waals surface area contributed by atoms with Gasteiger partial charge in [0.1, 0.15) is 5.75 Å². The van der Waals surface area contributed by atoms with E-state index >= 15 is 0 Å². The van der Waals surface area contributed by atoms with E-state index in [1.54, 1.807) is 31.3 Å². The second-order valence-corrected chi connectivity index (χ2v) is 4.21. The van der Waals surface area contributed by atoms with Crippen LogP contribution in [0.5, 0.6) is 5.75 Å². The lowest BCUT2D eigenvalue weighted by Crippen LogP contribution is -2.15. The first-order valence-corrected chi connectivity index (χ1v) is 6.13. The third-order valence-electron chi connectivity index (χ3n) is 2.81. The minimum absolute atomic E-state index is 0.0447. The molecule has 1 N–H and O–H groups in total. The summed E-state index contributed by atoms with van der Waals surface area (Å²) in [5.74, 6) is -0.574. The monoisotopic (exact) mass is 289 g/mol. The first-order chi connectivity index (χ1) is 10.1. The van der Waals surface area contributed by atoms with Crippen LogP contribution in [0.1, 0.15) is 20.8 Å². The van der Waals surface area contributed by atoms with Crippen LogP contribution in [0.15, 0.2) is 30.5 Å². The summed E-state index contributed by atoms with van der Waals surface area (Å²) >= 11 is 0. The molecular weight excluding hydrogens is 274 g/mol. The Morgan fingerprint density at radius 2 is 1.95 bits per heavy atom. The molecule has 0 fully saturated rings. The fourth-order valence-electron chi connectivity index (χ4n) is 1.85. The first-order valence-electron chi connectivity index (χ1n) is 6.13. The number of methoxy groups -OCH3 is 2. The molecule has 0 saturated heterocycles. The number of benzene rings is 1. The van der Waals surface area contributed by atoms with Crippen LogP contribution in [-0.2, 0) is 11.8 Å². The molecule has 0 spiro atoms. The van der Waals surface area contributed by atoms with Gasteiger partial charge < -0.3 is 14.8 Å². The van der Waals surface area contributed by atoms with Crippen molar-refractivity contribution in [1.29, 1.82) is 0 Å². The zero-order valence-corrected chi connectivity index (χ0v) is 11.9. The molecule has 1 amide bonds. The van der Waals surface area contributed by atoms with Gasteiger partial charge in [-0.25, -0.2) is 4.79 Å². The number of amides is 1. The number of hydrogen-bond acceptors (Lipinski definition) is 5. The van der Waals surface area contributed by atoms with Crippen molar-refractivity contribution in [3.8, 4) is 5.75 Å². The molecule has 0 bridgehead atoms. The molecule has 0 saturated carbocycles. The number of nitrogens with one attached hydrogen (secondary N) is 1. The van der Waals surface area contributed by atoms with E-state index in [0.717, 1.165) is 0 Å². The Balaban J connectivity index is 2.30. The number of carbonyl (C=O) groups is 2. The molecule has 0 radical (unpaired) electrons. The van der Waals surface area contributed by atoms with Crippen molar-refractivity contribution in [3.63, 3.8) is 0 Å². The lowest BCUT2D eigenvalue weighted by atomic mass is 10.2. The molecule has 0 atom stereocenters. The van der Waals surface area contributed by atoms with Crippen LogP contribution < -0.4 is 10.1 Å². The summed E-state index contributed by atoms with van der Waals surface area (Å²) in [4.78, 5) is 23.9. The third kappa shape index (κ3) is 3.02. The number of aromatic nitrogens is 2. The molecular formula is C14H15N3O4. The normalized spacial score (nSPS) is 10.0. The predicted octanol–water partition coefficient (Wildman–Crippen LogP) is 1.47. The lowest BCUT2D eigenvalue weighted by Gasteiger charge is -2.08. The summed E-state index contributed by atoms with van der Waals surface area (Å²) in [6.07, 6.45) is 1.53. The Labute approximate surface area is 121 Å². The van der Waals surface area contributed by atoms with E-state index < -0.39 is 11.9 Å². The van der Waals surface area contributed by atoms with Gasteiger partial charge in [-0.3, -0.25) is 9.48 Å². The van der Waals surface area contributed by atoms with Crippen molar-refractivity contribution in [2.75, 3.05) is 19.5 Å². The van der Waals surface area contributed by atoms with Crippen molar-refractivity contribution in [2.45, 2.75) is 0 Å². The highest BCUT2D eigenvalue weighted by molar-refractivity contribution is 6.08. The highest BCUT2D eigenvalue weighted by atomic mass is 16.5. The summed E-state index contributed by atoms with van der Waals surface area (Å²) in [5.41, 5.74) is 0.683. The number of carbonyl (C=O) groups excluding carboxylic acids is 2. The second kappa shape index (κ2) is 6.08. The summed E-state index contributed by atoms with van der Waals surface area (Å²) in [7, 11) is 4.38. The number of ether oxygens (including phenoxy) is 2. The van der Waals surface area contributed by atoms with Crippen molar-refractivity contribution in [2.24, 2.45) is 7.05 Å². The van der Waals surface area contributed by atoms with Crippen molar-refractivity contribution >= 4 is 17.6 Å². The number of rotatable bonds is 4. The number of nitrogens with zero attached hydrogens (tertiary/aromatic N) is 2. The van der Waals surface area contributed by atoms with E-state index in [1.807, 2.05) is 0 Å². The smallest absolute Gasteiger partial charge is 0.360 e. The molecule has 2 rings (SSSR count). The van der Waals surface area contributed by atoms with Crippen molar-refractivity contribution in [3.05, 3.63) is 41.7 Å². The average molecular weight is 289 g/mol. The Morgan fingerprint density at radius 1 is 1.24 bits per heavy atom. The van der Waals surface area contributed by atoms with Crippen LogP contribution in [0.4, 0.5) is 5.69 Å². The highest BCUT2D eigenvalue weighted by Gasteiger charge is 2.20. The number of esters is 1. The molecule has 0 unspecified atom stereocenters. The molecule has 1 aromatic carbocycles. The molecule has 1 heterocycles. The van der Waals surface area contributed by atoms with E-state index in [-0.39, 0.29) is 11.4 Å². The van der Waals surface area contributed by atoms with Gasteiger partial charge in [-0.15, -0.1) is 0 Å². The molecule has 7 heteroatoms. The average Bonchev–Trinajstić information content (AvgIpc) is 2.86. The number of anilines is 1. The molecule has 1 aromatic heterocycles. The van der Waals surface area contributed by atoms with E-state index in [9.17, 15) is 9.59 Å². The summed E-state index contributed by atoms with van der Waals surface area (Å²) in [5, 5.41) is 6.60. The standard InChI is InChI=1S/C14H15N3O4/c1-17-8-10(12(16-17)14(19)21-3)15-13(18)9-6-4-5-7-11(9)20-2/h4-8H,1-3H3,(H,15,18). The number of aryl methyl sites for hydroxylation is 1. The quantitative estimate of drug-likeness (QED) is 0.862. The number of para-hydroxylation sites is 1. The lowest BCUT2D eigenvalue weighted by molar-refractivity contribution is 0.0594. The van der Waals surface area contributed by atoms with E-state index in [0.29, 0.717) is 11.3 Å². The predicted molar refractivity (Wildman–Crippen MR) is 75.5 cm³/mol. The summed E-state index contributed by atoms with van der Waals surface area (Å²) < 4.78 is 11.2. The van der Waals surface area contributed by atoms with Crippen LogP contribution in [0, 0.1) is 0 Å². The van der Waals surface area contributed by atoms with Gasteiger partial charge in [0.25, 0.3) is 5.91 Å². The van der Waals surface area contributed by atoms with E-state index in [4.69, 9.17) is 4.74 Å². The molecule has 7 nitrogen and oxygen atoms in total. The van der Waals surface area contributed by atoms with E-state index in [1.165, 1.54) is 25.1 Å². The SMILES string of the molecule is COC(=O)c1nn(C)cc1NC(=O)c1ccccc1OC. The van der Waals surface area contributed by atoms with Gasteiger partial charge in [0, 0.05) is 13.2 Å². The van der Waals surface area contributed by atoms with Crippen LogP contribution >= 0.6 is 0 Å². The van der Waals surface area contributed by atoms with Gasteiger partial charge in [0.05, 0.1) is 25.5 Å². The maximum Gasteiger partial charge on any atom is 0.360 e. The third-order valence-corrected chi connectivity index (χ3v) is 2.81. The first kappa shape index (κ1) is 14.6. The Morgan fingerprint density at radius 3 is 2.62 bits per heavy atom. The van der Waals surface area contributed by atoms with Crippen LogP contribution in [0.25, 0.3) is 0 Å². The van der Waals surface area contributed by atoms with Crippen LogP contribution in [0.2, 0.25) is 0 Å². The minimum atomic E-state index is -0.620.